The summed E-state index contributed by atoms with van der Waals surface area (Å²) >= 11 is 0. The van der Waals surface area contributed by atoms with Gasteiger partial charge in [-0.05, 0) is 56.0 Å². The first-order valence-corrected chi connectivity index (χ1v) is 8.01. The molecular weight excluding hydrogens is 258 g/mol. The average molecular weight is 283 g/mol. The number of rotatable bonds is 3. The van der Waals surface area contributed by atoms with E-state index in [1.807, 2.05) is 12.3 Å². The molecule has 0 radical (unpaired) electrons. The summed E-state index contributed by atoms with van der Waals surface area (Å²) in [6, 6.07) is 11.6. The first-order valence-electron chi connectivity index (χ1n) is 8.01. The Labute approximate surface area is 127 Å². The molecule has 21 heavy (non-hydrogen) atoms. The van der Waals surface area contributed by atoms with Gasteiger partial charge in [-0.15, -0.1) is 0 Å². The largest absolute Gasteiger partial charge is 0.329 e. The summed E-state index contributed by atoms with van der Waals surface area (Å²) in [6.45, 7) is 6.52. The van der Waals surface area contributed by atoms with E-state index in [2.05, 4.69) is 48.0 Å². The van der Waals surface area contributed by atoms with E-state index in [0.29, 0.717) is 18.6 Å². The van der Waals surface area contributed by atoms with Gasteiger partial charge >= 0.3 is 0 Å². The summed E-state index contributed by atoms with van der Waals surface area (Å²) < 4.78 is 0. The Morgan fingerprint density at radius 2 is 2.19 bits per heavy atom. The lowest BCUT2D eigenvalue weighted by Gasteiger charge is -2.42. The van der Waals surface area contributed by atoms with Gasteiger partial charge in [0.15, 0.2) is 0 Å². The molecule has 0 bridgehead atoms. The highest BCUT2D eigenvalue weighted by atomic mass is 15.2. The Morgan fingerprint density at radius 3 is 3.00 bits per heavy atom. The van der Waals surface area contributed by atoms with E-state index in [1.54, 1.807) is 0 Å². The molecule has 3 heteroatoms. The normalized spacial score (nSPS) is 25.1. The molecule has 1 aliphatic rings. The van der Waals surface area contributed by atoms with Crippen molar-refractivity contribution in [1.82, 2.24) is 9.88 Å². The third-order valence-corrected chi connectivity index (χ3v) is 5.06. The van der Waals surface area contributed by atoms with Crippen LogP contribution in [0.2, 0.25) is 0 Å². The zero-order valence-corrected chi connectivity index (χ0v) is 13.0. The Kier molecular flexibility index (Phi) is 4.22. The van der Waals surface area contributed by atoms with Gasteiger partial charge in [-0.2, -0.15) is 0 Å². The summed E-state index contributed by atoms with van der Waals surface area (Å²) in [4.78, 5) is 6.99. The molecule has 0 aliphatic carbocycles. The Hall–Kier alpha value is -1.45. The molecule has 0 spiro atoms. The first kappa shape index (κ1) is 14.5. The number of pyridine rings is 1. The zero-order chi connectivity index (χ0) is 14.8. The lowest BCUT2D eigenvalue weighted by atomic mass is 9.89. The smallest absolute Gasteiger partial charge is 0.0702 e. The summed E-state index contributed by atoms with van der Waals surface area (Å²) in [5.41, 5.74) is 8.50. The molecule has 2 N–H and O–H groups in total. The lowest BCUT2D eigenvalue weighted by molar-refractivity contribution is 0.0710. The van der Waals surface area contributed by atoms with Crippen LogP contribution >= 0.6 is 0 Å². The maximum absolute atomic E-state index is 6.13. The topological polar surface area (TPSA) is 42.1 Å². The highest BCUT2D eigenvalue weighted by Gasteiger charge is 2.30. The zero-order valence-electron chi connectivity index (χ0n) is 13.0. The van der Waals surface area contributed by atoms with Crippen molar-refractivity contribution in [2.24, 2.45) is 11.7 Å². The van der Waals surface area contributed by atoms with Crippen LogP contribution < -0.4 is 5.73 Å². The van der Waals surface area contributed by atoms with E-state index in [0.717, 1.165) is 18.0 Å². The fourth-order valence-corrected chi connectivity index (χ4v) is 3.57. The van der Waals surface area contributed by atoms with Crippen molar-refractivity contribution in [3.63, 3.8) is 0 Å². The first-order chi connectivity index (χ1) is 10.2. The predicted octanol–water partition coefficient (Wildman–Crippen LogP) is 3.36. The van der Waals surface area contributed by atoms with Crippen LogP contribution in [0.3, 0.4) is 0 Å². The molecule has 3 nitrogen and oxygen atoms in total. The Bertz CT molecular complexity index is 610. The van der Waals surface area contributed by atoms with E-state index in [9.17, 15) is 0 Å². The molecule has 1 aromatic carbocycles. The van der Waals surface area contributed by atoms with E-state index < -0.39 is 0 Å². The predicted molar refractivity (Wildman–Crippen MR) is 88.1 cm³/mol. The highest BCUT2D eigenvalue weighted by Crippen LogP contribution is 2.31. The Morgan fingerprint density at radius 1 is 1.33 bits per heavy atom. The average Bonchev–Trinajstić information content (AvgIpc) is 2.52. The second-order valence-electron chi connectivity index (χ2n) is 6.30. The molecule has 1 aromatic heterocycles. The molecule has 3 atom stereocenters. The fraction of sp³-hybridized carbons (Fsp3) is 0.500. The van der Waals surface area contributed by atoms with Gasteiger partial charge < -0.3 is 5.73 Å². The molecule has 2 heterocycles. The molecule has 1 fully saturated rings. The molecule has 2 aromatic rings. The quantitative estimate of drug-likeness (QED) is 0.939. The molecule has 1 aliphatic heterocycles. The van der Waals surface area contributed by atoms with Crippen molar-refractivity contribution in [2.75, 3.05) is 13.1 Å². The second kappa shape index (κ2) is 6.12. The molecular formula is C18H25N3. The monoisotopic (exact) mass is 283 g/mol. The molecule has 3 rings (SSSR count). The minimum Gasteiger partial charge on any atom is -0.329 e. The number of likely N-dealkylation sites (tertiary alicyclic amines) is 1. The van der Waals surface area contributed by atoms with Crippen LogP contribution in [0.15, 0.2) is 36.5 Å². The van der Waals surface area contributed by atoms with Crippen molar-refractivity contribution in [3.8, 4) is 0 Å². The van der Waals surface area contributed by atoms with Crippen LogP contribution in [0.25, 0.3) is 10.9 Å². The van der Waals surface area contributed by atoms with Crippen LogP contribution in [0.1, 0.15) is 38.3 Å². The van der Waals surface area contributed by atoms with Gasteiger partial charge in [0.05, 0.1) is 5.52 Å². The number of benzene rings is 1. The van der Waals surface area contributed by atoms with Gasteiger partial charge in [0.25, 0.3) is 0 Å². The van der Waals surface area contributed by atoms with Gasteiger partial charge in [0, 0.05) is 30.2 Å². The standard InChI is InChI=1S/C18H25N3/c1-13-5-4-10-21(14(13)2)18(12-19)16-7-8-17-15(11-16)6-3-9-20-17/h3,6-9,11,13-14,18H,4-5,10,12,19H2,1-2H3. The number of hydrogen-bond donors (Lipinski definition) is 1. The van der Waals surface area contributed by atoms with E-state index >= 15 is 0 Å². The van der Waals surface area contributed by atoms with Gasteiger partial charge in [-0.1, -0.05) is 19.1 Å². The van der Waals surface area contributed by atoms with E-state index in [1.165, 1.54) is 23.8 Å². The highest BCUT2D eigenvalue weighted by molar-refractivity contribution is 5.79. The SMILES string of the molecule is CC1CCCN(C(CN)c2ccc3ncccc3c2)C1C. The summed E-state index contributed by atoms with van der Waals surface area (Å²) in [6.07, 6.45) is 4.45. The second-order valence-corrected chi connectivity index (χ2v) is 6.30. The minimum atomic E-state index is 0.312. The molecule has 112 valence electrons. The number of nitrogens with two attached hydrogens (primary N) is 1. The van der Waals surface area contributed by atoms with Gasteiger partial charge in [0.2, 0.25) is 0 Å². The minimum absolute atomic E-state index is 0.312. The van der Waals surface area contributed by atoms with Gasteiger partial charge in [-0.25, -0.2) is 0 Å². The van der Waals surface area contributed by atoms with Crippen LogP contribution in [-0.2, 0) is 0 Å². The van der Waals surface area contributed by atoms with Crippen molar-refractivity contribution < 1.29 is 0 Å². The van der Waals surface area contributed by atoms with E-state index in [4.69, 9.17) is 5.73 Å². The van der Waals surface area contributed by atoms with Crippen molar-refractivity contribution >= 4 is 10.9 Å². The maximum atomic E-state index is 6.13. The number of aromatic nitrogens is 1. The third kappa shape index (κ3) is 2.81. The van der Waals surface area contributed by atoms with Crippen molar-refractivity contribution in [1.29, 1.82) is 0 Å². The fourth-order valence-electron chi connectivity index (χ4n) is 3.57. The Balaban J connectivity index is 1.93. The molecule has 3 unspecified atom stereocenters. The van der Waals surface area contributed by atoms with E-state index in [-0.39, 0.29) is 0 Å². The molecule has 0 amide bonds. The summed E-state index contributed by atoms with van der Waals surface area (Å²) in [5.74, 6) is 0.745. The van der Waals surface area contributed by atoms with Crippen LogP contribution in [0.4, 0.5) is 0 Å². The van der Waals surface area contributed by atoms with Crippen LogP contribution in [0, 0.1) is 5.92 Å². The summed E-state index contributed by atoms with van der Waals surface area (Å²) in [7, 11) is 0. The number of nitrogens with zero attached hydrogens (tertiary/aromatic N) is 2. The van der Waals surface area contributed by atoms with Gasteiger partial charge in [-0.3, -0.25) is 9.88 Å². The molecule has 1 saturated heterocycles. The molecule has 0 saturated carbocycles. The maximum Gasteiger partial charge on any atom is 0.0702 e. The number of piperidine rings is 1. The van der Waals surface area contributed by atoms with Crippen LogP contribution in [-0.4, -0.2) is 29.0 Å². The van der Waals surface area contributed by atoms with Crippen molar-refractivity contribution in [3.05, 3.63) is 42.1 Å². The number of hydrogen-bond acceptors (Lipinski definition) is 3. The van der Waals surface area contributed by atoms with Crippen LogP contribution in [0.5, 0.6) is 0 Å². The summed E-state index contributed by atoms with van der Waals surface area (Å²) in [5, 5.41) is 1.20. The lowest BCUT2D eigenvalue weighted by Crippen LogP contribution is -2.46. The number of fused-ring (bicyclic) bond motifs is 1. The van der Waals surface area contributed by atoms with Crippen molar-refractivity contribution in [2.45, 2.75) is 38.8 Å². The van der Waals surface area contributed by atoms with Gasteiger partial charge in [0.1, 0.15) is 0 Å². The third-order valence-electron chi connectivity index (χ3n) is 5.06.